The highest BCUT2D eigenvalue weighted by molar-refractivity contribution is 5.77. The lowest BCUT2D eigenvalue weighted by molar-refractivity contribution is -0.126. The van der Waals surface area contributed by atoms with Gasteiger partial charge in [0.05, 0.1) is 13.2 Å². The van der Waals surface area contributed by atoms with Crippen molar-refractivity contribution in [1.82, 2.24) is 5.32 Å². The molecule has 0 aromatic carbocycles. The Bertz CT molecular complexity index is 181. The predicted molar refractivity (Wildman–Crippen MR) is 57.7 cm³/mol. The maximum atomic E-state index is 11.2. The second-order valence-corrected chi connectivity index (χ2v) is 3.98. The van der Waals surface area contributed by atoms with Crippen molar-refractivity contribution in [2.75, 3.05) is 33.5 Å². The Balaban J connectivity index is 1.84. The third kappa shape index (κ3) is 5.74. The van der Waals surface area contributed by atoms with Crippen LogP contribution in [0.25, 0.3) is 0 Å². The van der Waals surface area contributed by atoms with Gasteiger partial charge in [-0.1, -0.05) is 19.3 Å². The van der Waals surface area contributed by atoms with Crippen LogP contribution in [0.5, 0.6) is 0 Å². The van der Waals surface area contributed by atoms with Crippen LogP contribution in [0.15, 0.2) is 0 Å². The topological polar surface area (TPSA) is 47.6 Å². The summed E-state index contributed by atoms with van der Waals surface area (Å²) in [7, 11) is 1.61. The summed E-state index contributed by atoms with van der Waals surface area (Å²) in [6, 6.07) is 0. The number of methoxy groups -OCH3 is 1. The van der Waals surface area contributed by atoms with Gasteiger partial charge in [-0.3, -0.25) is 4.79 Å². The van der Waals surface area contributed by atoms with Gasteiger partial charge in [0.25, 0.3) is 0 Å². The second-order valence-electron chi connectivity index (χ2n) is 3.98. The van der Waals surface area contributed by atoms with Crippen LogP contribution in [-0.4, -0.2) is 39.4 Å². The Kier molecular flexibility index (Phi) is 6.36. The smallest absolute Gasteiger partial charge is 0.245 e. The van der Waals surface area contributed by atoms with Gasteiger partial charge in [0, 0.05) is 13.7 Å². The summed E-state index contributed by atoms with van der Waals surface area (Å²) in [5.41, 5.74) is 0. The molecule has 4 nitrogen and oxygen atoms in total. The van der Waals surface area contributed by atoms with Crippen molar-refractivity contribution in [3.63, 3.8) is 0 Å². The van der Waals surface area contributed by atoms with Gasteiger partial charge in [0.1, 0.15) is 6.61 Å². The number of hydrogen-bond donors (Lipinski definition) is 1. The molecule has 0 bridgehead atoms. The monoisotopic (exact) mass is 215 g/mol. The zero-order valence-electron chi connectivity index (χ0n) is 9.46. The van der Waals surface area contributed by atoms with E-state index in [1.54, 1.807) is 7.11 Å². The molecule has 1 saturated carbocycles. The molecule has 0 spiro atoms. The summed E-state index contributed by atoms with van der Waals surface area (Å²) < 4.78 is 9.90. The molecule has 88 valence electrons. The Hall–Kier alpha value is -0.610. The molecular formula is C11H21NO3. The van der Waals surface area contributed by atoms with E-state index in [0.29, 0.717) is 13.2 Å². The summed E-state index contributed by atoms with van der Waals surface area (Å²) >= 11 is 0. The van der Waals surface area contributed by atoms with E-state index in [9.17, 15) is 4.79 Å². The number of rotatable bonds is 8. The second kappa shape index (κ2) is 7.65. The molecule has 1 rings (SSSR count). The Morgan fingerprint density at radius 2 is 2.20 bits per heavy atom. The van der Waals surface area contributed by atoms with Crippen LogP contribution in [0.4, 0.5) is 0 Å². The van der Waals surface area contributed by atoms with Crippen molar-refractivity contribution in [1.29, 1.82) is 0 Å². The Labute approximate surface area is 91.3 Å². The van der Waals surface area contributed by atoms with Gasteiger partial charge in [0.15, 0.2) is 0 Å². The molecule has 1 fully saturated rings. The fraction of sp³-hybridized carbons (Fsp3) is 0.909. The summed E-state index contributed by atoms with van der Waals surface area (Å²) in [6.45, 7) is 1.95. The zero-order valence-corrected chi connectivity index (χ0v) is 9.46. The van der Waals surface area contributed by atoms with Gasteiger partial charge in [-0.25, -0.2) is 0 Å². The Morgan fingerprint density at radius 1 is 1.40 bits per heavy atom. The van der Waals surface area contributed by atoms with Crippen LogP contribution in [0.2, 0.25) is 0 Å². The molecule has 15 heavy (non-hydrogen) atoms. The molecule has 0 unspecified atom stereocenters. The average Bonchev–Trinajstić information content (AvgIpc) is 2.17. The molecular weight excluding hydrogens is 194 g/mol. The van der Waals surface area contributed by atoms with Gasteiger partial charge in [-0.15, -0.1) is 0 Å². The van der Waals surface area contributed by atoms with E-state index < -0.39 is 0 Å². The highest BCUT2D eigenvalue weighted by Crippen LogP contribution is 2.28. The molecule has 1 N–H and O–H groups in total. The van der Waals surface area contributed by atoms with Crippen molar-refractivity contribution < 1.29 is 14.3 Å². The maximum Gasteiger partial charge on any atom is 0.245 e. The molecule has 1 amide bonds. The first-order chi connectivity index (χ1) is 7.33. The first-order valence-corrected chi connectivity index (χ1v) is 5.66. The number of carbonyl (C=O) groups excluding carboxylic acids is 1. The van der Waals surface area contributed by atoms with E-state index in [2.05, 4.69) is 5.32 Å². The van der Waals surface area contributed by atoms with Gasteiger partial charge >= 0.3 is 0 Å². The van der Waals surface area contributed by atoms with E-state index >= 15 is 0 Å². The third-order valence-corrected chi connectivity index (χ3v) is 2.76. The third-order valence-electron chi connectivity index (χ3n) is 2.76. The van der Waals surface area contributed by atoms with E-state index in [1.165, 1.54) is 19.3 Å². The van der Waals surface area contributed by atoms with Gasteiger partial charge in [-0.2, -0.15) is 0 Å². The lowest BCUT2D eigenvalue weighted by Crippen LogP contribution is -2.30. The molecule has 0 aromatic rings. The zero-order chi connectivity index (χ0) is 10.9. The van der Waals surface area contributed by atoms with Crippen LogP contribution in [0, 0.1) is 5.92 Å². The normalized spacial score (nSPS) is 16.1. The van der Waals surface area contributed by atoms with Crippen LogP contribution < -0.4 is 5.32 Å². The summed E-state index contributed by atoms with van der Waals surface area (Å²) in [4.78, 5) is 11.2. The molecule has 1 aliphatic rings. The van der Waals surface area contributed by atoms with Crippen LogP contribution in [0.3, 0.4) is 0 Å². The van der Waals surface area contributed by atoms with E-state index in [0.717, 1.165) is 18.9 Å². The molecule has 0 aliphatic heterocycles. The SMILES string of the molecule is COCCOCC(=O)NCCC1CCC1. The number of carbonyl (C=O) groups is 1. The van der Waals surface area contributed by atoms with Crippen molar-refractivity contribution in [3.8, 4) is 0 Å². The van der Waals surface area contributed by atoms with Crippen molar-refractivity contribution in [2.45, 2.75) is 25.7 Å². The fourth-order valence-corrected chi connectivity index (χ4v) is 1.56. The highest BCUT2D eigenvalue weighted by atomic mass is 16.5. The molecule has 1 aliphatic carbocycles. The molecule has 0 heterocycles. The largest absolute Gasteiger partial charge is 0.382 e. The Morgan fingerprint density at radius 3 is 2.80 bits per heavy atom. The fourth-order valence-electron chi connectivity index (χ4n) is 1.56. The quantitative estimate of drug-likeness (QED) is 0.613. The van der Waals surface area contributed by atoms with E-state index in [-0.39, 0.29) is 12.5 Å². The lowest BCUT2D eigenvalue weighted by atomic mass is 9.83. The number of ether oxygens (including phenoxy) is 2. The number of hydrogen-bond acceptors (Lipinski definition) is 3. The van der Waals surface area contributed by atoms with Crippen molar-refractivity contribution >= 4 is 5.91 Å². The highest BCUT2D eigenvalue weighted by Gasteiger charge is 2.16. The number of nitrogens with one attached hydrogen (secondary N) is 1. The van der Waals surface area contributed by atoms with Crippen molar-refractivity contribution in [3.05, 3.63) is 0 Å². The first-order valence-electron chi connectivity index (χ1n) is 5.66. The number of amides is 1. The predicted octanol–water partition coefficient (Wildman–Crippen LogP) is 0.956. The molecule has 4 heteroatoms. The van der Waals surface area contributed by atoms with Crippen LogP contribution >= 0.6 is 0 Å². The van der Waals surface area contributed by atoms with Gasteiger partial charge in [0.2, 0.25) is 5.91 Å². The minimum Gasteiger partial charge on any atom is -0.382 e. The first kappa shape index (κ1) is 12.5. The molecule has 0 aromatic heterocycles. The minimum absolute atomic E-state index is 0.0228. The maximum absolute atomic E-state index is 11.2. The van der Waals surface area contributed by atoms with Crippen molar-refractivity contribution in [2.24, 2.45) is 5.92 Å². The summed E-state index contributed by atoms with van der Waals surface area (Å²) in [5, 5.41) is 2.85. The van der Waals surface area contributed by atoms with Crippen LogP contribution in [0.1, 0.15) is 25.7 Å². The minimum atomic E-state index is -0.0228. The summed E-state index contributed by atoms with van der Waals surface area (Å²) in [6.07, 6.45) is 5.14. The molecule has 0 radical (unpaired) electrons. The molecule has 0 saturated heterocycles. The standard InChI is InChI=1S/C11H21NO3/c1-14-7-8-15-9-11(13)12-6-5-10-3-2-4-10/h10H,2-9H2,1H3,(H,12,13). The summed E-state index contributed by atoms with van der Waals surface area (Å²) in [5.74, 6) is 0.824. The van der Waals surface area contributed by atoms with Gasteiger partial charge < -0.3 is 14.8 Å². The van der Waals surface area contributed by atoms with E-state index in [1.807, 2.05) is 0 Å². The van der Waals surface area contributed by atoms with Gasteiger partial charge in [-0.05, 0) is 12.3 Å². The lowest BCUT2D eigenvalue weighted by Gasteiger charge is -2.25. The van der Waals surface area contributed by atoms with Crippen LogP contribution in [-0.2, 0) is 14.3 Å². The molecule has 0 atom stereocenters. The average molecular weight is 215 g/mol. The van der Waals surface area contributed by atoms with E-state index in [4.69, 9.17) is 9.47 Å².